The van der Waals surface area contributed by atoms with E-state index in [1.54, 1.807) is 17.0 Å². The second kappa shape index (κ2) is 6.53. The summed E-state index contributed by atoms with van der Waals surface area (Å²) >= 11 is 0. The number of phenolic OH excluding ortho intramolecular Hbond substituents is 1. The van der Waals surface area contributed by atoms with Crippen molar-refractivity contribution in [2.75, 3.05) is 25.7 Å². The number of phenols is 1. The number of aliphatic hydroxyl groups is 1. The molecule has 3 rings (SSSR count). The number of benzene rings is 2. The second-order valence-electron chi connectivity index (χ2n) is 6.42. The Labute approximate surface area is 152 Å². The number of hydrogen-bond acceptors (Lipinski definition) is 5. The Balaban J connectivity index is 2.10. The average Bonchev–Trinajstić information content (AvgIpc) is 2.83. The van der Waals surface area contributed by atoms with E-state index in [2.05, 4.69) is 0 Å². The number of aromatic hydroxyl groups is 1. The maximum atomic E-state index is 13.0. The zero-order chi connectivity index (χ0) is 19.1. The zero-order valence-electron chi connectivity index (χ0n) is 15.4. The molecule has 1 amide bonds. The highest BCUT2D eigenvalue weighted by Gasteiger charge is 2.49. The molecule has 1 heterocycles. The Morgan fingerprint density at radius 3 is 2.50 bits per heavy atom. The van der Waals surface area contributed by atoms with Crippen molar-refractivity contribution in [3.63, 3.8) is 0 Å². The van der Waals surface area contributed by atoms with Crippen molar-refractivity contribution < 1.29 is 24.5 Å². The van der Waals surface area contributed by atoms with Gasteiger partial charge in [-0.15, -0.1) is 0 Å². The normalized spacial score (nSPS) is 18.8. The van der Waals surface area contributed by atoms with E-state index in [-0.39, 0.29) is 17.9 Å². The number of ether oxygens (including phenoxy) is 2. The number of nitrogens with zero attached hydrogens (tertiary/aromatic N) is 1. The van der Waals surface area contributed by atoms with Crippen LogP contribution < -0.4 is 14.4 Å². The molecule has 26 heavy (non-hydrogen) atoms. The summed E-state index contributed by atoms with van der Waals surface area (Å²) in [7, 11) is 2.90. The van der Waals surface area contributed by atoms with E-state index < -0.39 is 11.5 Å². The van der Waals surface area contributed by atoms with Crippen LogP contribution in [0, 0.1) is 6.92 Å². The van der Waals surface area contributed by atoms with Crippen molar-refractivity contribution in [2.45, 2.75) is 25.9 Å². The van der Waals surface area contributed by atoms with Gasteiger partial charge in [0.25, 0.3) is 5.91 Å². The van der Waals surface area contributed by atoms with Crippen molar-refractivity contribution in [1.82, 2.24) is 0 Å². The van der Waals surface area contributed by atoms with E-state index in [9.17, 15) is 15.0 Å². The van der Waals surface area contributed by atoms with Crippen LogP contribution in [0.5, 0.6) is 17.2 Å². The number of anilines is 1. The minimum atomic E-state index is -1.74. The number of aryl methyl sites for hydroxylation is 1. The van der Waals surface area contributed by atoms with E-state index in [0.717, 1.165) is 5.56 Å². The van der Waals surface area contributed by atoms with Gasteiger partial charge >= 0.3 is 0 Å². The maximum Gasteiger partial charge on any atom is 0.264 e. The van der Waals surface area contributed by atoms with Gasteiger partial charge in [0, 0.05) is 24.1 Å². The Kier molecular flexibility index (Phi) is 4.54. The Hall–Kier alpha value is -2.73. The molecular formula is C20H23NO5. The summed E-state index contributed by atoms with van der Waals surface area (Å²) in [6, 6.07) is 8.85. The lowest BCUT2D eigenvalue weighted by molar-refractivity contribution is -0.136. The molecular weight excluding hydrogens is 334 g/mol. The quantitative estimate of drug-likeness (QED) is 0.860. The molecule has 0 saturated heterocycles. The number of likely N-dealkylation sites (N-methyl/N-ethyl adjacent to an activating group) is 1. The molecule has 1 aliphatic rings. The number of rotatable bonds is 5. The molecule has 2 aromatic rings. The van der Waals surface area contributed by atoms with Crippen molar-refractivity contribution in [3.8, 4) is 17.2 Å². The van der Waals surface area contributed by atoms with Crippen LogP contribution in [0.3, 0.4) is 0 Å². The fourth-order valence-electron chi connectivity index (χ4n) is 3.52. The third-order valence-corrected chi connectivity index (χ3v) is 4.85. The first-order chi connectivity index (χ1) is 12.4. The number of carbonyl (C=O) groups is 1. The third kappa shape index (κ3) is 2.57. The maximum absolute atomic E-state index is 13.0. The van der Waals surface area contributed by atoms with Crippen molar-refractivity contribution in [1.29, 1.82) is 0 Å². The number of amides is 1. The largest absolute Gasteiger partial charge is 0.504 e. The van der Waals surface area contributed by atoms with Gasteiger partial charge in [0.05, 0.1) is 19.9 Å². The lowest BCUT2D eigenvalue weighted by atomic mass is 9.87. The summed E-state index contributed by atoms with van der Waals surface area (Å²) in [5.41, 5.74) is 0.867. The molecule has 2 aromatic carbocycles. The van der Waals surface area contributed by atoms with Gasteiger partial charge in [-0.25, -0.2) is 0 Å². The van der Waals surface area contributed by atoms with Gasteiger partial charge in [0.1, 0.15) is 0 Å². The molecule has 1 aliphatic heterocycles. The molecule has 0 fully saturated rings. The van der Waals surface area contributed by atoms with E-state index in [1.165, 1.54) is 14.2 Å². The Bertz CT molecular complexity index is 864. The van der Waals surface area contributed by atoms with E-state index in [4.69, 9.17) is 9.47 Å². The van der Waals surface area contributed by atoms with Crippen molar-refractivity contribution >= 4 is 11.6 Å². The summed E-state index contributed by atoms with van der Waals surface area (Å²) in [5.74, 6) is 0.0211. The molecule has 0 aromatic heterocycles. The van der Waals surface area contributed by atoms with E-state index in [0.29, 0.717) is 29.1 Å². The molecule has 6 heteroatoms. The molecule has 0 saturated carbocycles. The standard InChI is InChI=1S/C20H23NO5/c1-5-21-15-8-6-12(2)10-14(15)20(24,19(21)23)11-13-7-9-16(25-3)18(26-4)17(13)22/h6-10,22,24H,5,11H2,1-4H3. The van der Waals surface area contributed by atoms with Gasteiger partial charge in [-0.05, 0) is 26.0 Å². The average molecular weight is 357 g/mol. The number of carbonyl (C=O) groups excluding carboxylic acids is 1. The molecule has 1 unspecified atom stereocenters. The molecule has 0 bridgehead atoms. The molecule has 0 aliphatic carbocycles. The molecule has 0 spiro atoms. The molecule has 6 nitrogen and oxygen atoms in total. The lowest BCUT2D eigenvalue weighted by Gasteiger charge is -2.24. The summed E-state index contributed by atoms with van der Waals surface area (Å²) in [4.78, 5) is 14.5. The van der Waals surface area contributed by atoms with Crippen LogP contribution in [-0.2, 0) is 16.8 Å². The minimum Gasteiger partial charge on any atom is -0.504 e. The van der Waals surface area contributed by atoms with Crippen LogP contribution in [-0.4, -0.2) is 36.9 Å². The van der Waals surface area contributed by atoms with Gasteiger partial charge in [-0.2, -0.15) is 0 Å². The highest BCUT2D eigenvalue weighted by molar-refractivity contribution is 6.07. The minimum absolute atomic E-state index is 0.0645. The van der Waals surface area contributed by atoms with Crippen LogP contribution in [0.25, 0.3) is 0 Å². The Morgan fingerprint density at radius 2 is 1.88 bits per heavy atom. The number of methoxy groups -OCH3 is 2. The predicted octanol–water partition coefficient (Wildman–Crippen LogP) is 2.51. The molecule has 138 valence electrons. The van der Waals surface area contributed by atoms with Crippen molar-refractivity contribution in [2.24, 2.45) is 0 Å². The fourth-order valence-corrected chi connectivity index (χ4v) is 3.52. The summed E-state index contributed by atoms with van der Waals surface area (Å²) in [6.45, 7) is 4.23. The van der Waals surface area contributed by atoms with Gasteiger partial charge in [0.15, 0.2) is 17.1 Å². The molecule has 0 radical (unpaired) electrons. The van der Waals surface area contributed by atoms with Crippen LogP contribution in [0.4, 0.5) is 5.69 Å². The first-order valence-corrected chi connectivity index (χ1v) is 8.45. The van der Waals surface area contributed by atoms with Crippen LogP contribution in [0.15, 0.2) is 30.3 Å². The van der Waals surface area contributed by atoms with Crippen LogP contribution in [0.1, 0.15) is 23.6 Å². The SMILES string of the molecule is CCN1C(=O)C(O)(Cc2ccc(OC)c(OC)c2O)c2cc(C)ccc21. The molecule has 2 N–H and O–H groups in total. The fraction of sp³-hybridized carbons (Fsp3) is 0.350. The first-order valence-electron chi connectivity index (χ1n) is 8.45. The van der Waals surface area contributed by atoms with Gasteiger partial charge in [-0.3, -0.25) is 4.79 Å². The number of fused-ring (bicyclic) bond motifs is 1. The highest BCUT2D eigenvalue weighted by Crippen LogP contribution is 2.46. The Morgan fingerprint density at radius 1 is 1.15 bits per heavy atom. The lowest BCUT2D eigenvalue weighted by Crippen LogP contribution is -2.41. The summed E-state index contributed by atoms with van der Waals surface area (Å²) in [6.07, 6.45) is -0.0645. The monoisotopic (exact) mass is 357 g/mol. The first kappa shape index (κ1) is 18.1. The van der Waals surface area contributed by atoms with Crippen LogP contribution >= 0.6 is 0 Å². The predicted molar refractivity (Wildman–Crippen MR) is 98.0 cm³/mol. The highest BCUT2D eigenvalue weighted by atomic mass is 16.5. The smallest absolute Gasteiger partial charge is 0.264 e. The topological polar surface area (TPSA) is 79.2 Å². The third-order valence-electron chi connectivity index (χ3n) is 4.85. The summed E-state index contributed by atoms with van der Waals surface area (Å²) < 4.78 is 10.4. The van der Waals surface area contributed by atoms with E-state index in [1.807, 2.05) is 32.0 Å². The molecule has 1 atom stereocenters. The van der Waals surface area contributed by atoms with E-state index >= 15 is 0 Å². The summed E-state index contributed by atoms with van der Waals surface area (Å²) in [5, 5.41) is 21.9. The van der Waals surface area contributed by atoms with Gasteiger partial charge in [0.2, 0.25) is 5.75 Å². The van der Waals surface area contributed by atoms with Gasteiger partial charge < -0.3 is 24.6 Å². The zero-order valence-corrected chi connectivity index (χ0v) is 15.4. The second-order valence-corrected chi connectivity index (χ2v) is 6.42. The van der Waals surface area contributed by atoms with Crippen LogP contribution in [0.2, 0.25) is 0 Å². The van der Waals surface area contributed by atoms with Crippen molar-refractivity contribution in [3.05, 3.63) is 47.0 Å². The number of hydrogen-bond donors (Lipinski definition) is 2. The van der Waals surface area contributed by atoms with Gasteiger partial charge in [-0.1, -0.05) is 23.8 Å².